The normalized spacial score (nSPS) is 44.6. The summed E-state index contributed by atoms with van der Waals surface area (Å²) in [5.41, 5.74) is 5.81. The van der Waals surface area contributed by atoms with Gasteiger partial charge in [0, 0.05) is 32.0 Å². The first-order valence-corrected chi connectivity index (χ1v) is 17.0. The van der Waals surface area contributed by atoms with Crippen LogP contribution in [0.15, 0.2) is 0 Å². The van der Waals surface area contributed by atoms with Crippen molar-refractivity contribution in [2.75, 3.05) is 21.2 Å². The molecule has 0 heterocycles. The Kier molecular flexibility index (Phi) is 8.23. The molecule has 5 fully saturated rings. The van der Waals surface area contributed by atoms with Crippen LogP contribution in [0.4, 0.5) is 9.59 Å². The van der Waals surface area contributed by atoms with Crippen LogP contribution in [0.1, 0.15) is 106 Å². The molecule has 5 rings (SSSR count). The minimum Gasteiger partial charge on any atom is -0.446 e. The van der Waals surface area contributed by atoms with E-state index < -0.39 is 6.09 Å². The SMILES string of the molecule is COC(C[C@@H](C)[C@H]1C[C@H](O)[C@@]2(C)C3CC[C@H]4C(C)(C)C(OC(N)=O)CCC45CC35CCC12C)C(OC(=O)N(C)C)C(C)C. The molecule has 5 aliphatic carbocycles. The van der Waals surface area contributed by atoms with Gasteiger partial charge in [-0.1, -0.05) is 48.5 Å². The van der Waals surface area contributed by atoms with Crippen molar-refractivity contribution in [3.63, 3.8) is 0 Å². The summed E-state index contributed by atoms with van der Waals surface area (Å²) in [5, 5.41) is 12.1. The quantitative estimate of drug-likeness (QED) is 0.322. The number of hydrogen-bond acceptors (Lipinski definition) is 6. The number of rotatable bonds is 8. The zero-order valence-corrected chi connectivity index (χ0v) is 28.6. The van der Waals surface area contributed by atoms with Gasteiger partial charge < -0.3 is 30.0 Å². The highest BCUT2D eigenvalue weighted by atomic mass is 16.6. The molecule has 0 radical (unpaired) electrons. The summed E-state index contributed by atoms with van der Waals surface area (Å²) in [7, 11) is 5.15. The van der Waals surface area contributed by atoms with Crippen LogP contribution < -0.4 is 5.73 Å². The fourth-order valence-electron chi connectivity index (χ4n) is 12.4. The Morgan fingerprint density at radius 3 is 2.19 bits per heavy atom. The summed E-state index contributed by atoms with van der Waals surface area (Å²) >= 11 is 0. The van der Waals surface area contributed by atoms with Crippen LogP contribution in [-0.2, 0) is 14.2 Å². The number of primary amides is 1. The lowest BCUT2D eigenvalue weighted by Gasteiger charge is -2.63. The van der Waals surface area contributed by atoms with E-state index in [-0.39, 0.29) is 63.5 Å². The summed E-state index contributed by atoms with van der Waals surface area (Å²) in [4.78, 5) is 25.7. The van der Waals surface area contributed by atoms with Gasteiger partial charge in [-0.15, -0.1) is 0 Å². The van der Waals surface area contributed by atoms with Gasteiger partial charge in [-0.2, -0.15) is 0 Å². The summed E-state index contributed by atoms with van der Waals surface area (Å²) in [6.07, 6.45) is 7.43. The molecule has 3 N–H and O–H groups in total. The second kappa shape index (κ2) is 10.8. The number of hydrogen-bond donors (Lipinski definition) is 2. The average Bonchev–Trinajstić information content (AvgIpc) is 3.54. The molecule has 0 saturated heterocycles. The number of nitrogens with zero attached hydrogens (tertiary/aromatic N) is 1. The molecule has 8 heteroatoms. The molecule has 246 valence electrons. The van der Waals surface area contributed by atoms with Gasteiger partial charge in [-0.05, 0) is 104 Å². The Morgan fingerprint density at radius 1 is 0.977 bits per heavy atom. The molecule has 2 spiro atoms. The number of nitrogens with two attached hydrogens (primary N) is 1. The summed E-state index contributed by atoms with van der Waals surface area (Å²) < 4.78 is 17.6. The predicted molar refractivity (Wildman–Crippen MR) is 166 cm³/mol. The number of amides is 2. The highest BCUT2D eigenvalue weighted by Gasteiger charge is 2.83. The third-order valence-corrected chi connectivity index (χ3v) is 14.7. The number of methoxy groups -OCH3 is 1. The minimum absolute atomic E-state index is 0.0199. The van der Waals surface area contributed by atoms with Crippen LogP contribution >= 0.6 is 0 Å². The van der Waals surface area contributed by atoms with E-state index >= 15 is 0 Å². The number of aliphatic hydroxyl groups is 1. The Bertz CT molecular complexity index is 1090. The van der Waals surface area contributed by atoms with Gasteiger partial charge in [0.25, 0.3) is 0 Å². The van der Waals surface area contributed by atoms with E-state index in [1.807, 2.05) is 0 Å². The van der Waals surface area contributed by atoms with Crippen molar-refractivity contribution >= 4 is 12.2 Å². The predicted octanol–water partition coefficient (Wildman–Crippen LogP) is 6.62. The first-order valence-electron chi connectivity index (χ1n) is 17.0. The number of ether oxygens (including phenoxy) is 3. The molecule has 5 aliphatic rings. The Balaban J connectivity index is 1.38. The smallest absolute Gasteiger partial charge is 0.409 e. The first-order chi connectivity index (χ1) is 19.9. The van der Waals surface area contributed by atoms with E-state index in [0.717, 1.165) is 44.9 Å². The third kappa shape index (κ3) is 4.57. The minimum atomic E-state index is -0.658. The molecule has 7 unspecified atom stereocenters. The monoisotopic (exact) mass is 604 g/mol. The molecular weight excluding hydrogens is 544 g/mol. The summed E-state index contributed by atoms with van der Waals surface area (Å²) in [6.45, 7) is 16.0. The maximum Gasteiger partial charge on any atom is 0.409 e. The van der Waals surface area contributed by atoms with Crippen LogP contribution in [0.3, 0.4) is 0 Å². The number of carbonyl (C=O) groups is 2. The summed E-state index contributed by atoms with van der Waals surface area (Å²) in [6, 6.07) is 0. The second-order valence-electron chi connectivity index (χ2n) is 17.0. The fourth-order valence-corrected chi connectivity index (χ4v) is 12.4. The molecule has 0 aromatic rings. The highest BCUT2D eigenvalue weighted by Crippen LogP contribution is 2.89. The lowest BCUT2D eigenvalue weighted by atomic mass is 9.41. The van der Waals surface area contributed by atoms with Crippen molar-refractivity contribution in [1.82, 2.24) is 4.90 Å². The molecule has 0 aliphatic heterocycles. The van der Waals surface area contributed by atoms with E-state index in [0.29, 0.717) is 23.7 Å². The molecule has 0 aromatic carbocycles. The van der Waals surface area contributed by atoms with Crippen LogP contribution in [0, 0.1) is 56.7 Å². The van der Waals surface area contributed by atoms with Crippen molar-refractivity contribution in [3.8, 4) is 0 Å². The molecule has 8 nitrogen and oxygen atoms in total. The van der Waals surface area contributed by atoms with Gasteiger partial charge in [0.2, 0.25) is 0 Å². The second-order valence-corrected chi connectivity index (χ2v) is 17.0. The van der Waals surface area contributed by atoms with Crippen molar-refractivity contribution in [2.45, 2.75) is 131 Å². The Labute approximate surface area is 260 Å². The van der Waals surface area contributed by atoms with Crippen molar-refractivity contribution in [3.05, 3.63) is 0 Å². The molecule has 43 heavy (non-hydrogen) atoms. The molecule has 0 aromatic heterocycles. The average molecular weight is 605 g/mol. The standard InChI is InChI=1S/C35H60N2O6/c1-20(2)28(43-30(40)37(8)9)23(41-10)17-21(3)22-18-26(38)33(7)25-12-11-24-31(4,5)27(42-29(36)39)13-14-34(24)19-35(25,34)16-15-32(22,33)6/h20-28,38H,11-19H2,1-10H3,(H2,36,39)/t21-,22-,23?,24+,25?,26+,27?,28?,32?,33-,34?,35?/m1/s1. The van der Waals surface area contributed by atoms with Crippen molar-refractivity contribution in [2.24, 2.45) is 62.4 Å². The lowest BCUT2D eigenvalue weighted by molar-refractivity contribution is -0.182. The van der Waals surface area contributed by atoms with Gasteiger partial charge in [0.1, 0.15) is 12.2 Å². The van der Waals surface area contributed by atoms with E-state index in [4.69, 9.17) is 19.9 Å². The highest BCUT2D eigenvalue weighted by molar-refractivity contribution is 5.67. The topological polar surface area (TPSA) is 111 Å². The number of aliphatic hydroxyl groups excluding tert-OH is 1. The molecular formula is C35H60N2O6. The largest absolute Gasteiger partial charge is 0.446 e. The van der Waals surface area contributed by atoms with Crippen molar-refractivity contribution < 1.29 is 28.9 Å². The van der Waals surface area contributed by atoms with Gasteiger partial charge in [-0.3, -0.25) is 0 Å². The van der Waals surface area contributed by atoms with Gasteiger partial charge in [0.05, 0.1) is 12.2 Å². The maximum atomic E-state index is 12.5. The van der Waals surface area contributed by atoms with Gasteiger partial charge in [0.15, 0.2) is 0 Å². The van der Waals surface area contributed by atoms with Crippen LogP contribution in [0.25, 0.3) is 0 Å². The van der Waals surface area contributed by atoms with Gasteiger partial charge in [-0.25, -0.2) is 9.59 Å². The van der Waals surface area contributed by atoms with Gasteiger partial charge >= 0.3 is 12.2 Å². The lowest BCUT2D eigenvalue weighted by Crippen LogP contribution is -2.60. The molecule has 0 bridgehead atoms. The van der Waals surface area contributed by atoms with E-state index in [1.54, 1.807) is 21.2 Å². The first kappa shape index (κ1) is 32.8. The van der Waals surface area contributed by atoms with E-state index in [1.165, 1.54) is 17.7 Å². The fraction of sp³-hybridized carbons (Fsp3) is 0.943. The Morgan fingerprint density at radius 2 is 1.60 bits per heavy atom. The van der Waals surface area contributed by atoms with Crippen molar-refractivity contribution in [1.29, 1.82) is 0 Å². The van der Waals surface area contributed by atoms with E-state index in [9.17, 15) is 14.7 Å². The summed E-state index contributed by atoms with van der Waals surface area (Å²) in [5.74, 6) is 1.80. The number of carbonyl (C=O) groups excluding carboxylic acids is 2. The Hall–Kier alpha value is -1.54. The molecule has 2 amide bonds. The zero-order valence-electron chi connectivity index (χ0n) is 28.6. The van der Waals surface area contributed by atoms with Crippen LogP contribution in [0.5, 0.6) is 0 Å². The van der Waals surface area contributed by atoms with E-state index in [2.05, 4.69) is 48.5 Å². The molecule has 5 saturated carbocycles. The number of fused-ring (bicyclic) bond motifs is 2. The maximum absolute atomic E-state index is 12.5. The molecule has 12 atom stereocenters. The zero-order chi connectivity index (χ0) is 31.9. The third-order valence-electron chi connectivity index (χ3n) is 14.7. The van der Waals surface area contributed by atoms with Crippen LogP contribution in [0.2, 0.25) is 0 Å². The van der Waals surface area contributed by atoms with Crippen LogP contribution in [-0.4, -0.2) is 67.8 Å².